The fourth-order valence-corrected chi connectivity index (χ4v) is 5.00. The van der Waals surface area contributed by atoms with E-state index in [0.717, 1.165) is 39.5 Å². The molecule has 0 bridgehead atoms. The van der Waals surface area contributed by atoms with Gasteiger partial charge in [-0.2, -0.15) is 0 Å². The first kappa shape index (κ1) is 17.4. The van der Waals surface area contributed by atoms with Crippen molar-refractivity contribution >= 4 is 41.7 Å². The molecule has 0 radical (unpaired) electrons. The molecule has 1 saturated heterocycles. The third-order valence-electron chi connectivity index (χ3n) is 4.49. The Morgan fingerprint density at radius 3 is 2.79 bits per heavy atom. The molecule has 0 aromatic heterocycles. The lowest BCUT2D eigenvalue weighted by Gasteiger charge is -2.29. The highest BCUT2D eigenvalue weighted by Gasteiger charge is 2.28. The van der Waals surface area contributed by atoms with Crippen molar-refractivity contribution in [1.29, 1.82) is 0 Å². The molecule has 3 rings (SSSR count). The number of amides is 1. The van der Waals surface area contributed by atoms with Gasteiger partial charge in [-0.1, -0.05) is 24.3 Å². The number of thiol groups is 1. The minimum atomic E-state index is -0.0385. The Labute approximate surface area is 152 Å². The highest BCUT2D eigenvalue weighted by Crippen LogP contribution is 2.36. The van der Waals surface area contributed by atoms with E-state index in [4.69, 9.17) is 0 Å². The Kier molecular flexibility index (Phi) is 5.21. The van der Waals surface area contributed by atoms with E-state index in [-0.39, 0.29) is 16.9 Å². The molecule has 126 valence electrons. The molecule has 5 heteroatoms. The van der Waals surface area contributed by atoms with Crippen molar-refractivity contribution in [2.75, 3.05) is 19.3 Å². The summed E-state index contributed by atoms with van der Waals surface area (Å²) in [5.74, 6) is 1.27. The molecule has 1 heterocycles. The maximum atomic E-state index is 12.4. The molecule has 1 aromatic carbocycles. The van der Waals surface area contributed by atoms with Crippen LogP contribution in [0.2, 0.25) is 0 Å². The summed E-state index contributed by atoms with van der Waals surface area (Å²) >= 11 is 6.30. The van der Waals surface area contributed by atoms with Crippen LogP contribution in [0.5, 0.6) is 0 Å². The molecule has 2 aliphatic rings. The predicted molar refractivity (Wildman–Crippen MR) is 103 cm³/mol. The highest BCUT2D eigenvalue weighted by atomic mass is 32.2. The third kappa shape index (κ3) is 3.47. The number of thioether (sulfide) groups is 1. The molecule has 0 saturated carbocycles. The fourth-order valence-electron chi connectivity index (χ4n) is 3.26. The molecule has 0 N–H and O–H groups in total. The van der Waals surface area contributed by atoms with E-state index in [1.165, 1.54) is 0 Å². The van der Waals surface area contributed by atoms with Gasteiger partial charge in [-0.15, -0.1) is 24.4 Å². The topological polar surface area (TPSA) is 37.4 Å². The predicted octanol–water partition coefficient (Wildman–Crippen LogP) is 3.36. The van der Waals surface area contributed by atoms with Crippen LogP contribution >= 0.6 is 24.4 Å². The average Bonchev–Trinajstić information content (AvgIpc) is 2.52. The van der Waals surface area contributed by atoms with E-state index in [0.29, 0.717) is 12.8 Å². The quantitative estimate of drug-likeness (QED) is 0.841. The van der Waals surface area contributed by atoms with E-state index in [1.807, 2.05) is 31.0 Å². The fraction of sp³-hybridized carbons (Fsp3) is 0.368. The lowest BCUT2D eigenvalue weighted by molar-refractivity contribution is -0.129. The average molecular weight is 360 g/mol. The molecule has 1 fully saturated rings. The molecule has 1 aromatic rings. The van der Waals surface area contributed by atoms with Crippen LogP contribution in [-0.2, 0) is 16.0 Å². The van der Waals surface area contributed by atoms with Crippen molar-refractivity contribution in [3.63, 3.8) is 0 Å². The summed E-state index contributed by atoms with van der Waals surface area (Å²) in [6.45, 7) is 2.77. The van der Waals surface area contributed by atoms with Crippen molar-refractivity contribution in [1.82, 2.24) is 4.90 Å². The molecule has 1 atom stereocenters. The van der Waals surface area contributed by atoms with E-state index in [1.54, 1.807) is 17.8 Å². The van der Waals surface area contributed by atoms with Crippen LogP contribution < -0.4 is 0 Å². The molecule has 0 spiro atoms. The van der Waals surface area contributed by atoms with E-state index in [2.05, 4.69) is 24.8 Å². The van der Waals surface area contributed by atoms with Crippen LogP contribution in [0.15, 0.2) is 40.8 Å². The molecule has 3 nitrogen and oxygen atoms in total. The van der Waals surface area contributed by atoms with Gasteiger partial charge in [0, 0.05) is 25.8 Å². The first-order valence-corrected chi connectivity index (χ1v) is 9.55. The van der Waals surface area contributed by atoms with Gasteiger partial charge in [0.05, 0.1) is 5.25 Å². The summed E-state index contributed by atoms with van der Waals surface area (Å²) in [4.78, 5) is 26.8. The summed E-state index contributed by atoms with van der Waals surface area (Å²) in [5.41, 5.74) is 4.21. The van der Waals surface area contributed by atoms with Gasteiger partial charge in [-0.25, -0.2) is 0 Å². The standard InChI is InChI=1S/C19H21NO2S2/c1-12-9-14(21)11-16(23)18(12)15-6-4-3-5-13(15)10-17-19(22)20(2)7-8-24-17/h3-6,9,17,23H,7-8,10-11H2,1-2H3. The Bertz CT molecular complexity index is 751. The van der Waals surface area contributed by atoms with Gasteiger partial charge >= 0.3 is 0 Å². The van der Waals surface area contributed by atoms with Crippen LogP contribution in [-0.4, -0.2) is 41.2 Å². The van der Waals surface area contributed by atoms with Crippen LogP contribution in [0.1, 0.15) is 24.5 Å². The zero-order valence-corrected chi connectivity index (χ0v) is 15.6. The van der Waals surface area contributed by atoms with E-state index >= 15 is 0 Å². The molecular formula is C19H21NO2S2. The summed E-state index contributed by atoms with van der Waals surface area (Å²) in [5, 5.41) is -0.0385. The second-order valence-electron chi connectivity index (χ2n) is 6.27. The summed E-state index contributed by atoms with van der Waals surface area (Å²) in [6, 6.07) is 8.15. The largest absolute Gasteiger partial charge is 0.344 e. The summed E-state index contributed by atoms with van der Waals surface area (Å²) in [6.07, 6.45) is 2.75. The second-order valence-corrected chi connectivity index (χ2v) is 8.12. The Hall–Kier alpha value is -1.46. The number of benzene rings is 1. The van der Waals surface area contributed by atoms with Crippen molar-refractivity contribution in [3.05, 3.63) is 51.9 Å². The number of ketones is 1. The zero-order chi connectivity index (χ0) is 17.3. The smallest absolute Gasteiger partial charge is 0.235 e. The Morgan fingerprint density at radius 1 is 1.29 bits per heavy atom. The molecular weight excluding hydrogens is 338 g/mol. The number of allylic oxidation sites excluding steroid dienone is 4. The lowest BCUT2D eigenvalue weighted by atomic mass is 9.88. The molecule has 24 heavy (non-hydrogen) atoms. The maximum Gasteiger partial charge on any atom is 0.235 e. The minimum absolute atomic E-state index is 0.0385. The third-order valence-corrected chi connectivity index (χ3v) is 6.06. The van der Waals surface area contributed by atoms with Gasteiger partial charge in [0.15, 0.2) is 5.78 Å². The summed E-state index contributed by atoms with van der Waals surface area (Å²) < 4.78 is 0. The molecule has 1 aliphatic carbocycles. The number of rotatable bonds is 3. The van der Waals surface area contributed by atoms with Gasteiger partial charge < -0.3 is 4.90 Å². The number of carbonyl (C=O) groups is 2. The Balaban J connectivity index is 1.95. The number of hydrogen-bond donors (Lipinski definition) is 1. The van der Waals surface area contributed by atoms with Crippen LogP contribution in [0, 0.1) is 0 Å². The number of hydrogen-bond acceptors (Lipinski definition) is 4. The van der Waals surface area contributed by atoms with Crippen molar-refractivity contribution < 1.29 is 9.59 Å². The maximum absolute atomic E-state index is 12.4. The SMILES string of the molecule is CC1=CC(=O)CC(S)=C1c1ccccc1CC1SCCN(C)C1=O. The Morgan fingerprint density at radius 2 is 2.04 bits per heavy atom. The van der Waals surface area contributed by atoms with Crippen LogP contribution in [0.4, 0.5) is 0 Å². The first-order chi connectivity index (χ1) is 11.5. The van der Waals surface area contributed by atoms with Gasteiger partial charge in [0.1, 0.15) is 0 Å². The van der Waals surface area contributed by atoms with Gasteiger partial charge in [-0.3, -0.25) is 9.59 Å². The lowest BCUT2D eigenvalue weighted by Crippen LogP contribution is -2.41. The van der Waals surface area contributed by atoms with Gasteiger partial charge in [0.2, 0.25) is 5.91 Å². The minimum Gasteiger partial charge on any atom is -0.344 e. The molecule has 1 aliphatic heterocycles. The highest BCUT2D eigenvalue weighted by molar-refractivity contribution is 8.00. The number of carbonyl (C=O) groups excluding carboxylic acids is 2. The monoisotopic (exact) mass is 359 g/mol. The first-order valence-electron chi connectivity index (χ1n) is 8.06. The number of nitrogens with zero attached hydrogens (tertiary/aromatic N) is 1. The van der Waals surface area contributed by atoms with E-state index in [9.17, 15) is 9.59 Å². The van der Waals surface area contributed by atoms with Crippen molar-refractivity contribution in [3.8, 4) is 0 Å². The molecule has 1 unspecified atom stereocenters. The van der Waals surface area contributed by atoms with E-state index < -0.39 is 0 Å². The van der Waals surface area contributed by atoms with Gasteiger partial charge in [0.25, 0.3) is 0 Å². The summed E-state index contributed by atoms with van der Waals surface area (Å²) in [7, 11) is 1.87. The van der Waals surface area contributed by atoms with Crippen molar-refractivity contribution in [2.24, 2.45) is 0 Å². The van der Waals surface area contributed by atoms with Gasteiger partial charge in [-0.05, 0) is 46.6 Å². The zero-order valence-electron chi connectivity index (χ0n) is 13.9. The second kappa shape index (κ2) is 7.19. The van der Waals surface area contributed by atoms with Crippen LogP contribution in [0.25, 0.3) is 5.57 Å². The normalized spacial score (nSPS) is 22.0. The molecule has 1 amide bonds. The van der Waals surface area contributed by atoms with Crippen LogP contribution in [0.3, 0.4) is 0 Å². The van der Waals surface area contributed by atoms with Crippen molar-refractivity contribution in [2.45, 2.75) is 25.0 Å².